The van der Waals surface area contributed by atoms with Crippen LogP contribution in [0.3, 0.4) is 0 Å². The number of rotatable bonds is 4. The van der Waals surface area contributed by atoms with Crippen molar-refractivity contribution in [2.45, 2.75) is 46.5 Å². The summed E-state index contributed by atoms with van der Waals surface area (Å²) in [6.45, 7) is 5.66. The molecule has 8 heteroatoms. The van der Waals surface area contributed by atoms with Gasteiger partial charge in [-0.2, -0.15) is 5.10 Å². The van der Waals surface area contributed by atoms with E-state index in [0.29, 0.717) is 35.4 Å². The van der Waals surface area contributed by atoms with Crippen LogP contribution in [0, 0.1) is 20.8 Å². The van der Waals surface area contributed by atoms with Gasteiger partial charge in [0.05, 0.1) is 18.4 Å². The maximum absolute atomic E-state index is 12.5. The van der Waals surface area contributed by atoms with E-state index in [4.69, 9.17) is 8.83 Å². The van der Waals surface area contributed by atoms with Crippen LogP contribution in [0.2, 0.25) is 0 Å². The number of carboxylic acids is 1. The van der Waals surface area contributed by atoms with Gasteiger partial charge in [-0.25, -0.2) is 5.43 Å². The first kappa shape index (κ1) is 23.0. The van der Waals surface area contributed by atoms with E-state index < -0.39 is 5.97 Å². The molecule has 0 bridgehead atoms. The zero-order chi connectivity index (χ0) is 20.7. The molecular weight excluding hydrogens is 411 g/mol. The maximum atomic E-state index is 12.5. The summed E-state index contributed by atoms with van der Waals surface area (Å²) in [5.41, 5.74) is 8.09. The van der Waals surface area contributed by atoms with Gasteiger partial charge in [0, 0.05) is 28.5 Å². The summed E-state index contributed by atoms with van der Waals surface area (Å²) >= 11 is 0. The third-order valence-electron chi connectivity index (χ3n) is 5.27. The fraction of sp³-hybridized carbons (Fsp3) is 0.318. The molecule has 0 radical (unpaired) electrons. The quantitative estimate of drug-likeness (QED) is 0.451. The summed E-state index contributed by atoms with van der Waals surface area (Å²) in [7, 11) is 0. The Morgan fingerprint density at radius 3 is 2.70 bits per heavy atom. The number of nitrogens with zero attached hydrogens (tertiary/aromatic N) is 1. The second-order valence-corrected chi connectivity index (χ2v) is 7.48. The number of hydrazone groups is 1. The average molecular weight is 433 g/mol. The molecule has 2 aromatic heterocycles. The van der Waals surface area contributed by atoms with Crippen molar-refractivity contribution in [2.75, 3.05) is 0 Å². The molecule has 1 N–H and O–H groups in total. The molecule has 0 saturated carbocycles. The Hall–Kier alpha value is -1.71. The van der Waals surface area contributed by atoms with Crippen LogP contribution in [-0.4, -0.2) is 17.6 Å². The Labute approximate surface area is 216 Å². The van der Waals surface area contributed by atoms with Gasteiger partial charge in [-0.3, -0.25) is 4.79 Å². The van der Waals surface area contributed by atoms with E-state index in [9.17, 15) is 14.7 Å². The molecule has 1 aromatic carbocycles. The SMILES string of the molecule is Cc1cc(C)c2c(CC(=O)N/N=C3\CCCc4oc(C(=O)[O-])c(C)c43)coc2c1.[K+]. The van der Waals surface area contributed by atoms with Crippen molar-refractivity contribution >= 4 is 28.6 Å². The van der Waals surface area contributed by atoms with Gasteiger partial charge in [-0.05, 0) is 50.8 Å². The Morgan fingerprint density at radius 2 is 1.97 bits per heavy atom. The van der Waals surface area contributed by atoms with Gasteiger partial charge in [0.1, 0.15) is 17.3 Å². The molecule has 2 heterocycles. The average Bonchev–Trinajstić information content (AvgIpc) is 3.21. The topological polar surface area (TPSA) is 108 Å². The molecule has 30 heavy (non-hydrogen) atoms. The molecule has 1 aliphatic carbocycles. The van der Waals surface area contributed by atoms with Crippen LogP contribution in [0.15, 0.2) is 32.3 Å². The standard InChI is InChI=1S/C22H22N2O5.K/c1-11-7-12(2)19-14(10-28-17(19)8-11)9-18(25)24-23-15-5-4-6-16-20(15)13(3)21(29-16)22(26)27;/h7-8,10H,4-6,9H2,1-3H3,(H,24,25)(H,26,27);/q;+1/p-1/b23-15+;. The molecule has 150 valence electrons. The van der Waals surface area contributed by atoms with Gasteiger partial charge in [-0.15, -0.1) is 0 Å². The minimum Gasteiger partial charge on any atom is -0.542 e. The van der Waals surface area contributed by atoms with Gasteiger partial charge >= 0.3 is 51.4 Å². The van der Waals surface area contributed by atoms with E-state index in [0.717, 1.165) is 34.1 Å². The van der Waals surface area contributed by atoms with E-state index in [-0.39, 0.29) is 69.5 Å². The smallest absolute Gasteiger partial charge is 0.542 e. The number of furan rings is 2. The number of amides is 1. The van der Waals surface area contributed by atoms with Crippen molar-refractivity contribution in [3.63, 3.8) is 0 Å². The fourth-order valence-electron chi connectivity index (χ4n) is 4.07. The molecule has 0 fully saturated rings. The molecule has 0 aliphatic heterocycles. The van der Waals surface area contributed by atoms with Gasteiger partial charge in [0.15, 0.2) is 5.76 Å². The summed E-state index contributed by atoms with van der Waals surface area (Å²) in [5, 5.41) is 16.4. The monoisotopic (exact) mass is 432 g/mol. The van der Waals surface area contributed by atoms with E-state index in [1.165, 1.54) is 0 Å². The molecule has 0 unspecified atom stereocenters. The maximum Gasteiger partial charge on any atom is 1.00 e. The van der Waals surface area contributed by atoms with Crippen LogP contribution < -0.4 is 61.9 Å². The Morgan fingerprint density at radius 1 is 1.20 bits per heavy atom. The molecule has 1 amide bonds. The first-order chi connectivity index (χ1) is 13.8. The Kier molecular flexibility index (Phi) is 7.04. The van der Waals surface area contributed by atoms with Crippen LogP contribution >= 0.6 is 0 Å². The molecule has 7 nitrogen and oxygen atoms in total. The molecular formula is C22H21KN2O5. The van der Waals surface area contributed by atoms with Gasteiger partial charge < -0.3 is 18.7 Å². The van der Waals surface area contributed by atoms with Crippen LogP contribution in [0.25, 0.3) is 11.0 Å². The second kappa shape index (κ2) is 9.19. The summed E-state index contributed by atoms with van der Waals surface area (Å²) in [4.78, 5) is 23.7. The fourth-order valence-corrected chi connectivity index (χ4v) is 4.07. The van der Waals surface area contributed by atoms with E-state index >= 15 is 0 Å². The van der Waals surface area contributed by atoms with Crippen LogP contribution in [0.5, 0.6) is 0 Å². The number of nitrogens with one attached hydrogen (secondary N) is 1. The zero-order valence-electron chi connectivity index (χ0n) is 17.5. The molecule has 4 rings (SSSR count). The summed E-state index contributed by atoms with van der Waals surface area (Å²) in [6.07, 6.45) is 3.78. The van der Waals surface area contributed by atoms with E-state index in [1.807, 2.05) is 19.9 Å². The number of carbonyl (C=O) groups excluding carboxylic acids is 2. The number of fused-ring (bicyclic) bond motifs is 2. The number of hydrogen-bond donors (Lipinski definition) is 1. The third-order valence-corrected chi connectivity index (χ3v) is 5.27. The number of hydrogen-bond acceptors (Lipinski definition) is 6. The normalized spacial score (nSPS) is 14.4. The van der Waals surface area contributed by atoms with Crippen molar-refractivity contribution in [2.24, 2.45) is 5.10 Å². The van der Waals surface area contributed by atoms with Crippen molar-refractivity contribution in [1.82, 2.24) is 5.43 Å². The summed E-state index contributed by atoms with van der Waals surface area (Å²) in [5.74, 6) is -1.22. The van der Waals surface area contributed by atoms with Gasteiger partial charge in [0.2, 0.25) is 5.91 Å². The molecule has 1 aliphatic rings. The molecule has 0 saturated heterocycles. The Balaban J connectivity index is 0.00000256. The van der Waals surface area contributed by atoms with Crippen molar-refractivity contribution < 1.29 is 74.9 Å². The predicted molar refractivity (Wildman–Crippen MR) is 105 cm³/mol. The number of aryl methyl sites for hydroxylation is 3. The number of carboxylic acid groups (broad SMARTS) is 1. The summed E-state index contributed by atoms with van der Waals surface area (Å²) < 4.78 is 11.0. The van der Waals surface area contributed by atoms with Crippen molar-refractivity contribution in [3.8, 4) is 0 Å². The first-order valence-electron chi connectivity index (χ1n) is 9.52. The minimum atomic E-state index is -1.35. The van der Waals surface area contributed by atoms with Gasteiger partial charge in [-0.1, -0.05) is 6.07 Å². The van der Waals surface area contributed by atoms with Crippen LogP contribution in [-0.2, 0) is 17.6 Å². The van der Waals surface area contributed by atoms with E-state index in [2.05, 4.69) is 16.6 Å². The number of aromatic carboxylic acids is 1. The van der Waals surface area contributed by atoms with Crippen molar-refractivity contribution in [1.29, 1.82) is 0 Å². The third kappa shape index (κ3) is 4.33. The van der Waals surface area contributed by atoms with E-state index in [1.54, 1.807) is 13.2 Å². The number of benzene rings is 1. The van der Waals surface area contributed by atoms with Crippen LogP contribution in [0.1, 0.15) is 57.0 Å². The molecule has 0 atom stereocenters. The predicted octanol–water partition coefficient (Wildman–Crippen LogP) is -0.282. The largest absolute Gasteiger partial charge is 1.00 e. The summed E-state index contributed by atoms with van der Waals surface area (Å²) in [6, 6.07) is 4.00. The van der Waals surface area contributed by atoms with Crippen molar-refractivity contribution in [3.05, 3.63) is 57.7 Å². The minimum absolute atomic E-state index is 0. The van der Waals surface area contributed by atoms with Gasteiger partial charge in [0.25, 0.3) is 0 Å². The first-order valence-corrected chi connectivity index (χ1v) is 9.52. The zero-order valence-corrected chi connectivity index (χ0v) is 20.7. The number of carbonyl (C=O) groups is 2. The second-order valence-electron chi connectivity index (χ2n) is 7.48. The Bertz CT molecular complexity index is 1170. The molecule has 3 aromatic rings. The molecule has 0 spiro atoms. The van der Waals surface area contributed by atoms with Crippen LogP contribution in [0.4, 0.5) is 0 Å².